The van der Waals surface area contributed by atoms with E-state index in [0.29, 0.717) is 6.04 Å². The Bertz CT molecular complexity index is 518. The molecule has 1 amide bonds. The van der Waals surface area contributed by atoms with Crippen molar-refractivity contribution in [3.63, 3.8) is 0 Å². The predicted octanol–water partition coefficient (Wildman–Crippen LogP) is 1.90. The number of anilines is 1. The van der Waals surface area contributed by atoms with Crippen LogP contribution in [0.15, 0.2) is 24.3 Å². The summed E-state index contributed by atoms with van der Waals surface area (Å²) >= 11 is 0. The Morgan fingerprint density at radius 3 is 2.60 bits per heavy atom. The quantitative estimate of drug-likeness (QED) is 0.882. The van der Waals surface area contributed by atoms with Crippen LogP contribution >= 0.6 is 0 Å². The van der Waals surface area contributed by atoms with Crippen molar-refractivity contribution in [2.24, 2.45) is 0 Å². The lowest BCUT2D eigenvalue weighted by atomic mass is 10.0. The molecular weight excluding hydrogens is 250 g/mol. The van der Waals surface area contributed by atoms with Gasteiger partial charge >= 0.3 is 0 Å². The Balaban J connectivity index is 1.41. The molecule has 1 aromatic rings. The van der Waals surface area contributed by atoms with Crippen LogP contribution in [-0.2, 0) is 4.79 Å². The molecule has 1 aliphatic carbocycles. The van der Waals surface area contributed by atoms with Crippen LogP contribution in [-0.4, -0.2) is 36.0 Å². The molecule has 4 heteroatoms. The molecule has 1 unspecified atom stereocenters. The van der Waals surface area contributed by atoms with Crippen LogP contribution < -0.4 is 10.6 Å². The molecule has 4 rings (SSSR count). The molecule has 2 N–H and O–H groups in total. The van der Waals surface area contributed by atoms with Crippen molar-refractivity contribution in [1.29, 1.82) is 0 Å². The third-order valence-electron chi connectivity index (χ3n) is 4.79. The van der Waals surface area contributed by atoms with E-state index in [2.05, 4.69) is 15.5 Å². The molecule has 4 nitrogen and oxygen atoms in total. The van der Waals surface area contributed by atoms with Crippen molar-refractivity contribution >= 4 is 11.6 Å². The van der Waals surface area contributed by atoms with Crippen molar-refractivity contribution in [2.75, 3.05) is 18.4 Å². The molecule has 2 aliphatic heterocycles. The maximum Gasteiger partial charge on any atom is 0.246 e. The van der Waals surface area contributed by atoms with Gasteiger partial charge in [-0.15, -0.1) is 0 Å². The van der Waals surface area contributed by atoms with E-state index in [1.54, 1.807) is 0 Å². The second-order valence-electron chi connectivity index (χ2n) is 6.22. The summed E-state index contributed by atoms with van der Waals surface area (Å²) in [6, 6.07) is 9.16. The van der Waals surface area contributed by atoms with Crippen molar-refractivity contribution in [3.05, 3.63) is 29.8 Å². The molecule has 2 heterocycles. The summed E-state index contributed by atoms with van der Waals surface area (Å²) in [5, 5.41) is 6.53. The number of nitrogens with one attached hydrogen (secondary N) is 2. The van der Waals surface area contributed by atoms with Crippen LogP contribution in [0.4, 0.5) is 5.69 Å². The number of amides is 1. The van der Waals surface area contributed by atoms with E-state index in [1.165, 1.54) is 25.9 Å². The topological polar surface area (TPSA) is 44.4 Å². The summed E-state index contributed by atoms with van der Waals surface area (Å²) in [6.07, 6.45) is 5.08. The summed E-state index contributed by atoms with van der Waals surface area (Å²) in [5.74, 6) is 0.0934. The number of piperidine rings is 1. The summed E-state index contributed by atoms with van der Waals surface area (Å²) < 4.78 is 0. The zero-order valence-electron chi connectivity index (χ0n) is 11.6. The van der Waals surface area contributed by atoms with Gasteiger partial charge in [-0.25, -0.2) is 0 Å². The van der Waals surface area contributed by atoms with Crippen LogP contribution in [0.2, 0.25) is 0 Å². The zero-order chi connectivity index (χ0) is 13.5. The molecule has 2 fully saturated rings. The SMILES string of the molecule is O=C1Nc2ccccc2C1NC1CCN(C2CC2)CC1. The summed E-state index contributed by atoms with van der Waals surface area (Å²) in [4.78, 5) is 14.7. The first-order valence-electron chi connectivity index (χ1n) is 7.71. The zero-order valence-corrected chi connectivity index (χ0v) is 11.6. The summed E-state index contributed by atoms with van der Waals surface area (Å²) in [7, 11) is 0. The fourth-order valence-corrected chi connectivity index (χ4v) is 3.48. The number of para-hydroxylation sites is 1. The van der Waals surface area contributed by atoms with Crippen LogP contribution in [0.1, 0.15) is 37.3 Å². The minimum absolute atomic E-state index is 0.0934. The van der Waals surface area contributed by atoms with Gasteiger partial charge in [0.15, 0.2) is 0 Å². The number of fused-ring (bicyclic) bond motifs is 1. The third kappa shape index (κ3) is 2.23. The van der Waals surface area contributed by atoms with Crippen LogP contribution in [0.3, 0.4) is 0 Å². The van der Waals surface area contributed by atoms with E-state index in [0.717, 1.165) is 30.1 Å². The van der Waals surface area contributed by atoms with E-state index in [4.69, 9.17) is 0 Å². The molecule has 0 radical (unpaired) electrons. The Morgan fingerprint density at radius 2 is 1.85 bits per heavy atom. The number of carbonyl (C=O) groups excluding carboxylic acids is 1. The largest absolute Gasteiger partial charge is 0.324 e. The van der Waals surface area contributed by atoms with Gasteiger partial charge in [0.2, 0.25) is 5.91 Å². The van der Waals surface area contributed by atoms with Gasteiger partial charge < -0.3 is 10.2 Å². The second-order valence-corrected chi connectivity index (χ2v) is 6.22. The highest BCUT2D eigenvalue weighted by Gasteiger charge is 2.35. The molecule has 3 aliphatic rings. The summed E-state index contributed by atoms with van der Waals surface area (Å²) in [5.41, 5.74) is 2.06. The molecule has 0 bridgehead atoms. The highest BCUT2D eigenvalue weighted by atomic mass is 16.2. The molecule has 106 valence electrons. The number of nitrogens with zero attached hydrogens (tertiary/aromatic N) is 1. The Hall–Kier alpha value is -1.39. The van der Waals surface area contributed by atoms with Gasteiger partial charge in [-0.2, -0.15) is 0 Å². The second kappa shape index (κ2) is 4.86. The first kappa shape index (κ1) is 12.4. The van der Waals surface area contributed by atoms with Crippen molar-refractivity contribution < 1.29 is 4.79 Å². The molecule has 1 saturated carbocycles. The predicted molar refractivity (Wildman–Crippen MR) is 78.6 cm³/mol. The number of benzene rings is 1. The number of likely N-dealkylation sites (tertiary alicyclic amines) is 1. The van der Waals surface area contributed by atoms with E-state index in [1.807, 2.05) is 24.3 Å². The van der Waals surface area contributed by atoms with Gasteiger partial charge in [0, 0.05) is 23.3 Å². The van der Waals surface area contributed by atoms with Gasteiger partial charge in [0.1, 0.15) is 6.04 Å². The normalized spacial score (nSPS) is 27.4. The van der Waals surface area contributed by atoms with E-state index in [-0.39, 0.29) is 11.9 Å². The monoisotopic (exact) mass is 271 g/mol. The number of hydrogen-bond acceptors (Lipinski definition) is 3. The smallest absolute Gasteiger partial charge is 0.246 e. The Kier molecular flexibility index (Phi) is 3.00. The highest BCUT2D eigenvalue weighted by molar-refractivity contribution is 6.02. The Labute approximate surface area is 119 Å². The van der Waals surface area contributed by atoms with Crippen LogP contribution in [0.5, 0.6) is 0 Å². The van der Waals surface area contributed by atoms with Gasteiger partial charge in [0.05, 0.1) is 0 Å². The average Bonchev–Trinajstić information content (AvgIpc) is 3.26. The first-order valence-corrected chi connectivity index (χ1v) is 7.71. The lowest BCUT2D eigenvalue weighted by Gasteiger charge is -2.33. The fourth-order valence-electron chi connectivity index (χ4n) is 3.48. The van der Waals surface area contributed by atoms with Crippen molar-refractivity contribution in [3.8, 4) is 0 Å². The molecule has 0 spiro atoms. The van der Waals surface area contributed by atoms with Gasteiger partial charge in [-0.05, 0) is 44.8 Å². The maximum atomic E-state index is 12.1. The lowest BCUT2D eigenvalue weighted by Crippen LogP contribution is -2.45. The first-order chi connectivity index (χ1) is 9.81. The van der Waals surface area contributed by atoms with E-state index >= 15 is 0 Å². The van der Waals surface area contributed by atoms with E-state index in [9.17, 15) is 4.79 Å². The number of carbonyl (C=O) groups is 1. The van der Waals surface area contributed by atoms with Crippen LogP contribution in [0.25, 0.3) is 0 Å². The molecule has 1 atom stereocenters. The van der Waals surface area contributed by atoms with Gasteiger partial charge in [-0.3, -0.25) is 10.1 Å². The number of hydrogen-bond donors (Lipinski definition) is 2. The molecule has 0 aromatic heterocycles. The van der Waals surface area contributed by atoms with E-state index < -0.39 is 0 Å². The summed E-state index contributed by atoms with van der Waals surface area (Å²) in [6.45, 7) is 2.36. The fraction of sp³-hybridized carbons (Fsp3) is 0.562. The van der Waals surface area contributed by atoms with Gasteiger partial charge in [-0.1, -0.05) is 18.2 Å². The minimum Gasteiger partial charge on any atom is -0.324 e. The molecule has 20 heavy (non-hydrogen) atoms. The molecular formula is C16H21N3O. The Morgan fingerprint density at radius 1 is 1.10 bits per heavy atom. The lowest BCUT2D eigenvalue weighted by molar-refractivity contribution is -0.118. The average molecular weight is 271 g/mol. The van der Waals surface area contributed by atoms with Gasteiger partial charge in [0.25, 0.3) is 0 Å². The standard InChI is InChI=1S/C16H21N3O/c20-16-15(13-3-1-2-4-14(13)18-16)17-11-7-9-19(10-8-11)12-5-6-12/h1-4,11-12,15,17H,5-10H2,(H,18,20). The third-order valence-corrected chi connectivity index (χ3v) is 4.79. The highest BCUT2D eigenvalue weighted by Crippen LogP contribution is 2.33. The maximum absolute atomic E-state index is 12.1. The minimum atomic E-state index is -0.163. The van der Waals surface area contributed by atoms with Crippen molar-refractivity contribution in [1.82, 2.24) is 10.2 Å². The van der Waals surface area contributed by atoms with Crippen molar-refractivity contribution in [2.45, 2.75) is 43.8 Å². The number of rotatable bonds is 3. The molecule has 1 saturated heterocycles. The van der Waals surface area contributed by atoms with Crippen LogP contribution in [0, 0.1) is 0 Å². The molecule has 1 aromatic carbocycles.